The minimum absolute atomic E-state index is 0. The van der Waals surface area contributed by atoms with E-state index in [-0.39, 0.29) is 58.9 Å². The first-order valence-electron chi connectivity index (χ1n) is 17.3. The third kappa shape index (κ3) is 11.3. The summed E-state index contributed by atoms with van der Waals surface area (Å²) in [6.45, 7) is 15.4. The largest absolute Gasteiger partial charge is 4.00 e. The Morgan fingerprint density at radius 2 is 0.717 bits per heavy atom. The van der Waals surface area contributed by atoms with Gasteiger partial charge in [0.05, 0.1) is 0 Å². The van der Waals surface area contributed by atoms with Crippen molar-refractivity contribution >= 4 is 24.4 Å². The maximum absolute atomic E-state index is 3.36. The molecule has 0 fully saturated rings. The Morgan fingerprint density at radius 3 is 0.943 bits per heavy atom. The summed E-state index contributed by atoms with van der Waals surface area (Å²) in [7, 11) is -1.33. The van der Waals surface area contributed by atoms with E-state index < -0.39 is 8.80 Å². The number of hydrogen-bond acceptors (Lipinski definition) is 0. The first-order chi connectivity index (χ1) is 23.7. The second kappa shape index (κ2) is 20.9. The molecule has 53 heavy (non-hydrogen) atoms. The molecule has 6 aromatic rings. The predicted octanol–water partition coefficient (Wildman–Crippen LogP) is 1.86. The average molecular weight is 805 g/mol. The molecule has 0 nitrogen and oxygen atoms in total. The van der Waals surface area contributed by atoms with Crippen LogP contribution in [0, 0.1) is 32.8 Å². The molecule has 0 saturated carbocycles. The first-order valence-corrected chi connectivity index (χ1v) is 18.8. The van der Waals surface area contributed by atoms with Crippen molar-refractivity contribution in [3.63, 3.8) is 0 Å². The Balaban J connectivity index is 0.000000660. The topological polar surface area (TPSA) is 0 Å². The second-order valence-electron chi connectivity index (χ2n) is 13.5. The van der Waals surface area contributed by atoms with Crippen LogP contribution < -0.4 is 52.8 Å². The summed E-state index contributed by atoms with van der Waals surface area (Å²) >= 11 is 0. The number of aryl methyl sites for hydroxylation is 3. The molecule has 267 valence electrons. The third-order valence-electron chi connectivity index (χ3n) is 9.66. The van der Waals surface area contributed by atoms with Crippen molar-refractivity contribution in [2.75, 3.05) is 0 Å². The van der Waals surface area contributed by atoms with Gasteiger partial charge >= 0.3 is 21.7 Å². The van der Waals surface area contributed by atoms with E-state index >= 15 is 0 Å². The monoisotopic (exact) mass is 803 g/mol. The number of halogens is 3. The van der Waals surface area contributed by atoms with Crippen LogP contribution in [0.1, 0.15) is 44.4 Å². The van der Waals surface area contributed by atoms with Crippen molar-refractivity contribution in [2.45, 2.75) is 48.5 Å². The van der Waals surface area contributed by atoms with Gasteiger partial charge in [0.25, 0.3) is 0 Å². The SMILES string of the molecule is CC1=[C-]C(C)C(C)=C1C.Cc1cc(-c2ccccc2)cc([Si](c2cc(C)cc(-c3ccccc3)c2)c2cc(C)cc(-c3ccccc3)c2)c1.[Cl-].[Cl-].[Cl-].[Ti+4]. The number of allylic oxidation sites excluding steroid dienone is 4. The molecule has 0 N–H and O–H groups in total. The van der Waals surface area contributed by atoms with E-state index in [1.54, 1.807) is 0 Å². The molecule has 0 spiro atoms. The van der Waals surface area contributed by atoms with Gasteiger partial charge < -0.3 is 37.2 Å². The van der Waals surface area contributed by atoms with Crippen molar-refractivity contribution in [1.82, 2.24) is 0 Å². The van der Waals surface area contributed by atoms with E-state index in [9.17, 15) is 0 Å². The van der Waals surface area contributed by atoms with E-state index in [2.05, 4.69) is 200 Å². The third-order valence-corrected chi connectivity index (χ3v) is 12.3. The molecule has 0 amide bonds. The van der Waals surface area contributed by atoms with Gasteiger partial charge in [-0.2, -0.15) is 11.1 Å². The summed E-state index contributed by atoms with van der Waals surface area (Å²) < 4.78 is 0. The zero-order valence-electron chi connectivity index (χ0n) is 31.6. The summed E-state index contributed by atoms with van der Waals surface area (Å²) in [6.07, 6.45) is 3.36. The molecule has 6 aromatic carbocycles. The molecule has 1 atom stereocenters. The van der Waals surface area contributed by atoms with Crippen molar-refractivity contribution < 1.29 is 58.9 Å². The van der Waals surface area contributed by atoms with Crippen molar-refractivity contribution in [3.05, 3.63) is 185 Å². The molecule has 1 radical (unpaired) electrons. The summed E-state index contributed by atoms with van der Waals surface area (Å²) in [5, 5.41) is 4.24. The normalized spacial score (nSPS) is 13.0. The van der Waals surface area contributed by atoms with Crippen LogP contribution in [-0.2, 0) is 21.7 Å². The van der Waals surface area contributed by atoms with Gasteiger partial charge in [0.1, 0.15) is 0 Å². The van der Waals surface area contributed by atoms with Crippen LogP contribution in [0.4, 0.5) is 0 Å². The van der Waals surface area contributed by atoms with E-state index in [0.717, 1.165) is 0 Å². The fourth-order valence-electron chi connectivity index (χ4n) is 6.84. The molecule has 0 saturated heterocycles. The Bertz CT molecular complexity index is 1930. The maximum atomic E-state index is 3.36. The van der Waals surface area contributed by atoms with Gasteiger partial charge in [-0.25, -0.2) is 5.57 Å². The van der Waals surface area contributed by atoms with Crippen LogP contribution in [0.3, 0.4) is 0 Å². The molecule has 1 aliphatic carbocycles. The predicted molar refractivity (Wildman–Crippen MR) is 214 cm³/mol. The minimum atomic E-state index is -1.33. The Labute approximate surface area is 353 Å². The Kier molecular flexibility index (Phi) is 18.0. The first kappa shape index (κ1) is 45.8. The summed E-state index contributed by atoms with van der Waals surface area (Å²) in [5.41, 5.74) is 15.8. The van der Waals surface area contributed by atoms with Crippen LogP contribution in [0.25, 0.3) is 33.4 Å². The molecule has 0 bridgehead atoms. The van der Waals surface area contributed by atoms with Crippen LogP contribution >= 0.6 is 0 Å². The Morgan fingerprint density at radius 1 is 0.415 bits per heavy atom. The van der Waals surface area contributed by atoms with Gasteiger partial charge in [-0.3, -0.25) is 6.08 Å². The molecule has 1 aliphatic rings. The van der Waals surface area contributed by atoms with E-state index in [0.29, 0.717) is 5.92 Å². The average Bonchev–Trinajstić information content (AvgIpc) is 3.33. The quantitative estimate of drug-likeness (QED) is 0.137. The van der Waals surface area contributed by atoms with Gasteiger partial charge in [-0.15, -0.1) is 6.92 Å². The van der Waals surface area contributed by atoms with Gasteiger partial charge in [0.2, 0.25) is 0 Å². The second-order valence-corrected chi connectivity index (χ2v) is 16.0. The fraction of sp³-hybridized carbons (Fsp3) is 0.167. The van der Waals surface area contributed by atoms with Gasteiger partial charge in [0, 0.05) is 0 Å². The van der Waals surface area contributed by atoms with Gasteiger partial charge in [-0.05, 0) is 69.7 Å². The summed E-state index contributed by atoms with van der Waals surface area (Å²) in [6, 6.07) is 53.8. The zero-order chi connectivity index (χ0) is 34.5. The standard InChI is InChI=1S/C39H33Si.C9H13.3ClH.Ti/c1-28-19-34(31-13-7-4-8-14-31)25-37(22-28)40(38-23-29(2)20-35(26-38)32-15-9-5-10-16-32)39-24-30(3)21-36(27-39)33-17-11-6-12-18-33;1-6-5-7(2)9(4)8(6)3;;;;/h4-27H,1-3H3;6H,1-4H3;3*1H;/q;-1;;;;+4/p-3. The van der Waals surface area contributed by atoms with Gasteiger partial charge in [-0.1, -0.05) is 189 Å². The summed E-state index contributed by atoms with van der Waals surface area (Å²) in [4.78, 5) is 0. The van der Waals surface area contributed by atoms with Gasteiger partial charge in [0.15, 0.2) is 8.80 Å². The molecule has 5 heteroatoms. The zero-order valence-corrected chi connectivity index (χ0v) is 36.4. The number of hydrogen-bond donors (Lipinski definition) is 0. The van der Waals surface area contributed by atoms with Crippen LogP contribution in [0.15, 0.2) is 162 Å². The maximum Gasteiger partial charge on any atom is 4.00 e. The van der Waals surface area contributed by atoms with Crippen molar-refractivity contribution in [3.8, 4) is 33.4 Å². The molecule has 1 unspecified atom stereocenters. The molecule has 0 aromatic heterocycles. The van der Waals surface area contributed by atoms with Crippen LogP contribution in [-0.4, -0.2) is 8.80 Å². The molecular weight excluding hydrogens is 759 g/mol. The van der Waals surface area contributed by atoms with E-state index in [4.69, 9.17) is 0 Å². The smallest absolute Gasteiger partial charge is 1.00 e. The van der Waals surface area contributed by atoms with E-state index in [1.165, 1.54) is 82.4 Å². The molecule has 7 rings (SSSR count). The van der Waals surface area contributed by atoms with E-state index in [1.807, 2.05) is 0 Å². The van der Waals surface area contributed by atoms with Crippen molar-refractivity contribution in [1.29, 1.82) is 0 Å². The molecular formula is C48H46Cl3SiTi. The number of rotatable bonds is 6. The van der Waals surface area contributed by atoms with Crippen LogP contribution in [0.5, 0.6) is 0 Å². The molecule has 0 heterocycles. The minimum Gasteiger partial charge on any atom is -1.00 e. The fourth-order valence-corrected chi connectivity index (χ4v) is 9.85. The molecule has 0 aliphatic heterocycles. The number of benzene rings is 6. The van der Waals surface area contributed by atoms with Crippen LogP contribution in [0.2, 0.25) is 0 Å². The Hall–Kier alpha value is -3.40. The van der Waals surface area contributed by atoms with Crippen molar-refractivity contribution in [2.24, 2.45) is 5.92 Å². The summed E-state index contributed by atoms with van der Waals surface area (Å²) in [5.74, 6) is 0.560.